The number of allylic oxidation sites excluding steroid dienone is 4. The van der Waals surface area contributed by atoms with Gasteiger partial charge in [-0.3, -0.25) is 4.79 Å². The van der Waals surface area contributed by atoms with E-state index in [1.165, 1.54) is 31.3 Å². The Labute approximate surface area is 321 Å². The number of hydrogen-bond acceptors (Lipinski definition) is 8. The van der Waals surface area contributed by atoms with E-state index >= 15 is 0 Å². The number of carboxylic acids is 2. The third-order valence-corrected chi connectivity index (χ3v) is 18.3. The second-order valence-electron chi connectivity index (χ2n) is 20.8. The molecule has 54 heavy (non-hydrogen) atoms. The minimum atomic E-state index is -1.76. The Kier molecular flexibility index (Phi) is 9.28. The summed E-state index contributed by atoms with van der Waals surface area (Å²) in [6.45, 7) is 12.4. The maximum Gasteiger partial charge on any atom is 0.335 e. The molecule has 8 rings (SSSR count). The Hall–Kier alpha value is -1.82. The van der Waals surface area contributed by atoms with E-state index in [4.69, 9.17) is 14.2 Å². The fourth-order valence-corrected chi connectivity index (χ4v) is 16.3. The van der Waals surface area contributed by atoms with Crippen molar-refractivity contribution in [1.29, 1.82) is 0 Å². The Morgan fingerprint density at radius 1 is 0.889 bits per heavy atom. The predicted molar refractivity (Wildman–Crippen MR) is 200 cm³/mol. The van der Waals surface area contributed by atoms with Crippen LogP contribution in [0.4, 0.5) is 0 Å². The van der Waals surface area contributed by atoms with Crippen LogP contribution < -0.4 is 0 Å². The predicted octanol–water partition coefficient (Wildman–Crippen LogP) is 6.50. The number of carbonyl (C=O) groups is 2. The smallest absolute Gasteiger partial charge is 0.335 e. The molecule has 0 amide bonds. The molecule has 5 N–H and O–H groups in total. The molecule has 0 aromatic heterocycles. The molecule has 10 heteroatoms. The minimum Gasteiger partial charge on any atom is -0.481 e. The average molecular weight is 755 g/mol. The SMILES string of the molecule is COC[C@H]1C[C@]2(C)CC=C[C@]3(C2)C2=CC[C@@H]4[C@@]5(C)CC[C@H](O[C@@H]6O[C@H](C(=O)O)[C@@H](O)[C@H](O)[C@H]6O)C(C)(C)[C@@H]5CC[C@@]4(C)[C@]2(C2CCCC2)CC[C@@]13C(=O)O. The molecule has 302 valence electrons. The number of hydrogen-bond donors (Lipinski definition) is 5. The molecule has 0 aromatic carbocycles. The Balaban J connectivity index is 1.19. The zero-order valence-electron chi connectivity index (χ0n) is 33.4. The van der Waals surface area contributed by atoms with Crippen LogP contribution in [0.5, 0.6) is 0 Å². The fourth-order valence-electron chi connectivity index (χ4n) is 16.3. The first-order valence-electron chi connectivity index (χ1n) is 21.1. The number of carboxylic acid groups (broad SMARTS) is 2. The molecular weight excluding hydrogens is 688 g/mol. The van der Waals surface area contributed by atoms with Crippen LogP contribution in [0.2, 0.25) is 0 Å². The van der Waals surface area contributed by atoms with E-state index in [-0.39, 0.29) is 45.0 Å². The van der Waals surface area contributed by atoms with E-state index in [1.54, 1.807) is 7.11 Å². The van der Waals surface area contributed by atoms with Crippen LogP contribution in [0.25, 0.3) is 0 Å². The van der Waals surface area contributed by atoms with E-state index in [0.29, 0.717) is 31.3 Å². The summed E-state index contributed by atoms with van der Waals surface area (Å²) in [7, 11) is 1.73. The summed E-state index contributed by atoms with van der Waals surface area (Å²) in [5, 5.41) is 52.9. The van der Waals surface area contributed by atoms with E-state index in [2.05, 4.69) is 52.8 Å². The van der Waals surface area contributed by atoms with Crippen LogP contribution >= 0.6 is 0 Å². The molecule has 15 atom stereocenters. The van der Waals surface area contributed by atoms with Gasteiger partial charge in [-0.2, -0.15) is 0 Å². The van der Waals surface area contributed by atoms with Crippen LogP contribution in [0, 0.1) is 61.6 Å². The van der Waals surface area contributed by atoms with E-state index in [0.717, 1.165) is 51.4 Å². The maximum atomic E-state index is 14.0. The number of aliphatic hydroxyl groups is 3. The summed E-state index contributed by atoms with van der Waals surface area (Å²) in [6.07, 6.45) is 12.6. The lowest BCUT2D eigenvalue weighted by Crippen LogP contribution is -2.71. The lowest BCUT2D eigenvalue weighted by molar-refractivity contribution is -0.324. The normalized spacial score (nSPS) is 52.3. The van der Waals surface area contributed by atoms with Crippen molar-refractivity contribution in [2.24, 2.45) is 61.6 Å². The summed E-state index contributed by atoms with van der Waals surface area (Å²) in [5.74, 6) is -0.951. The van der Waals surface area contributed by atoms with Gasteiger partial charge in [-0.1, -0.05) is 71.3 Å². The van der Waals surface area contributed by atoms with E-state index in [9.17, 15) is 35.1 Å². The molecule has 1 saturated heterocycles. The first-order valence-corrected chi connectivity index (χ1v) is 21.1. The first-order chi connectivity index (χ1) is 25.4. The molecule has 1 aliphatic heterocycles. The van der Waals surface area contributed by atoms with Crippen molar-refractivity contribution < 1.29 is 49.3 Å². The van der Waals surface area contributed by atoms with Crippen LogP contribution in [-0.2, 0) is 23.8 Å². The van der Waals surface area contributed by atoms with Gasteiger partial charge in [-0.25, -0.2) is 4.79 Å². The molecule has 0 radical (unpaired) electrons. The largest absolute Gasteiger partial charge is 0.481 e. The number of aliphatic hydroxyl groups excluding tert-OH is 3. The van der Waals surface area contributed by atoms with E-state index in [1.807, 2.05) is 0 Å². The summed E-state index contributed by atoms with van der Waals surface area (Å²) in [5.41, 5.74) is -0.499. The quantitative estimate of drug-likeness (QED) is 0.143. The highest BCUT2D eigenvalue weighted by molar-refractivity contribution is 5.79. The summed E-state index contributed by atoms with van der Waals surface area (Å²) < 4.78 is 18.0. The summed E-state index contributed by atoms with van der Waals surface area (Å²) in [4.78, 5) is 25.9. The van der Waals surface area contributed by atoms with Crippen LogP contribution in [0.3, 0.4) is 0 Å². The molecule has 6 fully saturated rings. The van der Waals surface area contributed by atoms with Gasteiger partial charge in [0.2, 0.25) is 0 Å². The van der Waals surface area contributed by atoms with Crippen LogP contribution in [0.15, 0.2) is 23.8 Å². The number of methoxy groups -OCH3 is 1. The highest BCUT2D eigenvalue weighted by atomic mass is 16.7. The molecule has 8 aliphatic rings. The van der Waals surface area contributed by atoms with Gasteiger partial charge in [0.15, 0.2) is 12.4 Å². The van der Waals surface area contributed by atoms with Gasteiger partial charge >= 0.3 is 11.9 Å². The molecule has 2 bridgehead atoms. The topological polar surface area (TPSA) is 163 Å². The van der Waals surface area contributed by atoms with Gasteiger partial charge in [0.25, 0.3) is 0 Å². The number of aliphatic carboxylic acids is 2. The second-order valence-corrected chi connectivity index (χ2v) is 20.8. The molecule has 10 nitrogen and oxygen atoms in total. The highest BCUT2D eigenvalue weighted by Gasteiger charge is 2.77. The lowest BCUT2D eigenvalue weighted by Gasteiger charge is -2.76. The van der Waals surface area contributed by atoms with E-state index < -0.39 is 53.5 Å². The standard InChI is InChI=1S/C44H66O10/c1-38(2)27-14-19-41(5)28(40(27,4)18-15-30(38)53-36-33(47)31(45)32(46)34(54-36)35(48)49)12-13-29-42-17-9-16-39(3,24-42)22-26(23-52-6)44(42,37(50)51)21-20-43(29,41)25-10-7-8-11-25/h9,13,17,25-28,30-34,36,45-47H,7-8,10-12,14-16,18-24H2,1-6H3,(H,48,49)(H,50,51)/t26-,27+,28-,30+,31+,32+,33-,34+,36-,39+,40+,41-,42+,43+,44+/m1/s1. The van der Waals surface area contributed by atoms with Crippen LogP contribution in [0.1, 0.15) is 125 Å². The average Bonchev–Trinajstić information content (AvgIpc) is 3.64. The maximum absolute atomic E-state index is 14.0. The van der Waals surface area contributed by atoms with Crippen molar-refractivity contribution in [3.63, 3.8) is 0 Å². The van der Waals surface area contributed by atoms with Gasteiger partial charge in [-0.15, -0.1) is 0 Å². The minimum absolute atomic E-state index is 0.0224. The highest BCUT2D eigenvalue weighted by Crippen LogP contribution is 2.82. The van der Waals surface area contributed by atoms with Gasteiger partial charge in [0.1, 0.15) is 18.3 Å². The fraction of sp³-hybridized carbons (Fsp3) is 0.864. The zero-order chi connectivity index (χ0) is 38.9. The molecule has 1 heterocycles. The molecule has 1 spiro atoms. The third-order valence-electron chi connectivity index (χ3n) is 18.3. The first kappa shape index (κ1) is 39.0. The molecular formula is C44H66O10. The van der Waals surface area contributed by atoms with Gasteiger partial charge in [0.05, 0.1) is 18.1 Å². The van der Waals surface area contributed by atoms with Crippen LogP contribution in [-0.4, -0.2) is 88.0 Å². The van der Waals surface area contributed by atoms with Crippen molar-refractivity contribution in [1.82, 2.24) is 0 Å². The van der Waals surface area contributed by atoms with Crippen molar-refractivity contribution in [2.45, 2.75) is 161 Å². The molecule has 5 saturated carbocycles. The Morgan fingerprint density at radius 3 is 2.28 bits per heavy atom. The van der Waals surface area contributed by atoms with Gasteiger partial charge in [0, 0.05) is 23.9 Å². The van der Waals surface area contributed by atoms with Gasteiger partial charge < -0.3 is 39.7 Å². The number of rotatable bonds is 7. The molecule has 0 unspecified atom stereocenters. The van der Waals surface area contributed by atoms with Crippen molar-refractivity contribution >= 4 is 11.9 Å². The zero-order valence-corrected chi connectivity index (χ0v) is 33.4. The van der Waals surface area contributed by atoms with Gasteiger partial charge in [-0.05, 0) is 116 Å². The lowest BCUT2D eigenvalue weighted by atomic mass is 9.28. The Bertz CT molecular complexity index is 1580. The summed E-state index contributed by atoms with van der Waals surface area (Å²) in [6, 6.07) is 0. The number of ether oxygens (including phenoxy) is 3. The molecule has 7 aliphatic carbocycles. The number of fused-ring (bicyclic) bond motifs is 6. The van der Waals surface area contributed by atoms with Crippen molar-refractivity contribution in [3.05, 3.63) is 23.8 Å². The van der Waals surface area contributed by atoms with Crippen molar-refractivity contribution in [2.75, 3.05) is 13.7 Å². The summed E-state index contributed by atoms with van der Waals surface area (Å²) >= 11 is 0. The monoisotopic (exact) mass is 754 g/mol. The second kappa shape index (κ2) is 12.8. The third kappa shape index (κ3) is 4.91. The Morgan fingerprint density at radius 2 is 1.61 bits per heavy atom. The molecule has 0 aromatic rings. The van der Waals surface area contributed by atoms with Crippen molar-refractivity contribution in [3.8, 4) is 0 Å².